The van der Waals surface area contributed by atoms with Gasteiger partial charge in [-0.15, -0.1) is 0 Å². The first kappa shape index (κ1) is 18.9. The van der Waals surface area contributed by atoms with Gasteiger partial charge in [0, 0.05) is 31.0 Å². The molecule has 0 radical (unpaired) electrons. The maximum atomic E-state index is 12.7. The lowest BCUT2D eigenvalue weighted by Gasteiger charge is -2.12. The number of nitrogens with one attached hydrogen (secondary N) is 1. The molecular formula is C24H23N3O2. The molecule has 5 nitrogen and oxygen atoms in total. The number of imidazole rings is 1. The topological polar surface area (TPSA) is 56.1 Å². The molecule has 29 heavy (non-hydrogen) atoms. The molecule has 5 heteroatoms. The summed E-state index contributed by atoms with van der Waals surface area (Å²) in [5.41, 5.74) is 4.51. The molecule has 4 aromatic rings. The molecule has 0 aliphatic heterocycles. The highest BCUT2D eigenvalue weighted by molar-refractivity contribution is 5.94. The Morgan fingerprint density at radius 1 is 1.07 bits per heavy atom. The third-order valence-electron chi connectivity index (χ3n) is 4.90. The SMILES string of the molecule is COCc1cc(C(=O)NCc2ccc3ccccc3c2)ccc1-n1cnc(C)c1. The van der Waals surface area contributed by atoms with Crippen LogP contribution in [0.4, 0.5) is 0 Å². The van der Waals surface area contributed by atoms with Gasteiger partial charge in [-0.1, -0.05) is 36.4 Å². The van der Waals surface area contributed by atoms with Crippen LogP contribution in [0.1, 0.15) is 27.2 Å². The first-order chi connectivity index (χ1) is 14.1. The van der Waals surface area contributed by atoms with E-state index < -0.39 is 0 Å². The summed E-state index contributed by atoms with van der Waals surface area (Å²) in [6, 6.07) is 20.1. The van der Waals surface area contributed by atoms with E-state index in [0.29, 0.717) is 18.7 Å². The Labute approximate surface area is 170 Å². The predicted octanol–water partition coefficient (Wildman–Crippen LogP) is 4.41. The van der Waals surface area contributed by atoms with Crippen molar-refractivity contribution in [3.8, 4) is 5.69 Å². The summed E-state index contributed by atoms with van der Waals surface area (Å²) >= 11 is 0. The molecule has 0 aliphatic carbocycles. The van der Waals surface area contributed by atoms with Gasteiger partial charge in [0.2, 0.25) is 0 Å². The molecule has 1 aromatic heterocycles. The van der Waals surface area contributed by atoms with Gasteiger partial charge in [0.25, 0.3) is 5.91 Å². The Morgan fingerprint density at radius 3 is 2.66 bits per heavy atom. The van der Waals surface area contributed by atoms with Crippen molar-refractivity contribution >= 4 is 16.7 Å². The Hall–Kier alpha value is -3.44. The van der Waals surface area contributed by atoms with E-state index in [1.54, 1.807) is 13.4 Å². The van der Waals surface area contributed by atoms with Crippen molar-refractivity contribution in [2.75, 3.05) is 7.11 Å². The van der Waals surface area contributed by atoms with E-state index in [1.165, 1.54) is 10.8 Å². The maximum absolute atomic E-state index is 12.7. The summed E-state index contributed by atoms with van der Waals surface area (Å²) in [6.45, 7) is 2.84. The van der Waals surface area contributed by atoms with Gasteiger partial charge in [0.05, 0.1) is 24.3 Å². The number of amides is 1. The van der Waals surface area contributed by atoms with E-state index in [2.05, 4.69) is 34.6 Å². The molecule has 0 unspecified atom stereocenters. The Balaban J connectivity index is 1.52. The molecule has 0 saturated heterocycles. The number of hydrogen-bond donors (Lipinski definition) is 1. The highest BCUT2D eigenvalue weighted by Gasteiger charge is 2.11. The molecule has 1 heterocycles. The average Bonchev–Trinajstić information content (AvgIpc) is 3.18. The second-order valence-electron chi connectivity index (χ2n) is 7.06. The first-order valence-electron chi connectivity index (χ1n) is 9.53. The monoisotopic (exact) mass is 385 g/mol. The highest BCUT2D eigenvalue weighted by atomic mass is 16.5. The summed E-state index contributed by atoms with van der Waals surface area (Å²) in [7, 11) is 1.65. The maximum Gasteiger partial charge on any atom is 0.251 e. The van der Waals surface area contributed by atoms with Crippen LogP contribution >= 0.6 is 0 Å². The summed E-state index contributed by atoms with van der Waals surface area (Å²) in [6.07, 6.45) is 3.72. The standard InChI is InChI=1S/C24H23N3O2/c1-17-14-27(16-26-17)23-10-9-21(12-22(23)15-29-2)24(28)25-13-18-7-8-19-5-3-4-6-20(19)11-18/h3-12,14,16H,13,15H2,1-2H3,(H,25,28). The molecule has 0 bridgehead atoms. The lowest BCUT2D eigenvalue weighted by Crippen LogP contribution is -2.23. The number of fused-ring (bicyclic) bond motifs is 1. The number of aromatic nitrogens is 2. The van der Waals surface area contributed by atoms with E-state index in [-0.39, 0.29) is 5.91 Å². The second-order valence-corrected chi connectivity index (χ2v) is 7.06. The van der Waals surface area contributed by atoms with E-state index in [9.17, 15) is 4.79 Å². The van der Waals surface area contributed by atoms with Gasteiger partial charge in [0.15, 0.2) is 0 Å². The van der Waals surface area contributed by atoms with E-state index >= 15 is 0 Å². The van der Waals surface area contributed by atoms with E-state index in [4.69, 9.17) is 4.74 Å². The smallest absolute Gasteiger partial charge is 0.251 e. The predicted molar refractivity (Wildman–Crippen MR) is 114 cm³/mol. The van der Waals surface area contributed by atoms with Crippen molar-refractivity contribution in [1.82, 2.24) is 14.9 Å². The van der Waals surface area contributed by atoms with Crippen LogP contribution in [0.2, 0.25) is 0 Å². The number of nitrogens with zero attached hydrogens (tertiary/aromatic N) is 2. The molecule has 0 spiro atoms. The van der Waals surface area contributed by atoms with Gasteiger partial charge in [-0.25, -0.2) is 4.98 Å². The summed E-state index contributed by atoms with van der Waals surface area (Å²) in [4.78, 5) is 17.0. The summed E-state index contributed by atoms with van der Waals surface area (Å²) in [5, 5.41) is 5.37. The van der Waals surface area contributed by atoms with Crippen molar-refractivity contribution in [3.63, 3.8) is 0 Å². The van der Waals surface area contributed by atoms with Gasteiger partial charge in [-0.3, -0.25) is 4.79 Å². The van der Waals surface area contributed by atoms with Crippen molar-refractivity contribution in [2.45, 2.75) is 20.1 Å². The minimum Gasteiger partial charge on any atom is -0.380 e. The lowest BCUT2D eigenvalue weighted by molar-refractivity contribution is 0.0950. The van der Waals surface area contributed by atoms with Gasteiger partial charge in [-0.2, -0.15) is 0 Å². The van der Waals surface area contributed by atoms with Crippen LogP contribution in [0.3, 0.4) is 0 Å². The van der Waals surface area contributed by atoms with Crippen molar-refractivity contribution in [1.29, 1.82) is 0 Å². The van der Waals surface area contributed by atoms with Crippen LogP contribution in [-0.4, -0.2) is 22.6 Å². The molecule has 4 rings (SSSR count). The zero-order valence-corrected chi connectivity index (χ0v) is 16.6. The van der Waals surface area contributed by atoms with Gasteiger partial charge >= 0.3 is 0 Å². The van der Waals surface area contributed by atoms with Crippen molar-refractivity contribution < 1.29 is 9.53 Å². The van der Waals surface area contributed by atoms with Crippen LogP contribution in [0.5, 0.6) is 0 Å². The molecule has 146 valence electrons. The largest absolute Gasteiger partial charge is 0.380 e. The number of benzene rings is 3. The van der Waals surface area contributed by atoms with Crippen LogP contribution in [-0.2, 0) is 17.9 Å². The molecule has 0 fully saturated rings. The van der Waals surface area contributed by atoms with Gasteiger partial charge in [0.1, 0.15) is 0 Å². The Morgan fingerprint density at radius 2 is 1.90 bits per heavy atom. The minimum absolute atomic E-state index is 0.108. The highest BCUT2D eigenvalue weighted by Crippen LogP contribution is 2.19. The quantitative estimate of drug-likeness (QED) is 0.535. The summed E-state index contributed by atoms with van der Waals surface area (Å²) in [5.74, 6) is -0.108. The van der Waals surface area contributed by atoms with Crippen molar-refractivity contribution in [2.24, 2.45) is 0 Å². The molecule has 3 aromatic carbocycles. The zero-order valence-electron chi connectivity index (χ0n) is 16.6. The third-order valence-corrected chi connectivity index (χ3v) is 4.90. The normalized spacial score (nSPS) is 11.0. The number of carbonyl (C=O) groups excluding carboxylic acids is 1. The molecular weight excluding hydrogens is 362 g/mol. The number of methoxy groups -OCH3 is 1. The van der Waals surface area contributed by atoms with Crippen molar-refractivity contribution in [3.05, 3.63) is 95.6 Å². The molecule has 0 aliphatic rings. The molecule has 0 atom stereocenters. The van der Waals surface area contributed by atoms with E-state index in [1.807, 2.05) is 54.1 Å². The second kappa shape index (κ2) is 8.29. The fraction of sp³-hybridized carbons (Fsp3) is 0.167. The van der Waals surface area contributed by atoms with Crippen LogP contribution in [0, 0.1) is 6.92 Å². The molecule has 1 N–H and O–H groups in total. The Kier molecular flexibility index (Phi) is 5.40. The fourth-order valence-corrected chi connectivity index (χ4v) is 3.44. The molecule has 1 amide bonds. The number of ether oxygens (including phenoxy) is 1. The van der Waals surface area contributed by atoms with Crippen LogP contribution in [0.15, 0.2) is 73.2 Å². The average molecular weight is 385 g/mol. The minimum atomic E-state index is -0.108. The third kappa shape index (κ3) is 4.20. The van der Waals surface area contributed by atoms with Crippen LogP contribution in [0.25, 0.3) is 16.5 Å². The molecule has 0 saturated carbocycles. The van der Waals surface area contributed by atoms with E-state index in [0.717, 1.165) is 22.5 Å². The number of rotatable bonds is 6. The number of hydrogen-bond acceptors (Lipinski definition) is 3. The Bertz CT molecular complexity index is 1160. The van der Waals surface area contributed by atoms with Gasteiger partial charge in [-0.05, 0) is 47.5 Å². The zero-order chi connectivity index (χ0) is 20.2. The number of carbonyl (C=O) groups is 1. The number of aryl methyl sites for hydroxylation is 1. The van der Waals surface area contributed by atoms with Crippen LogP contribution < -0.4 is 5.32 Å². The van der Waals surface area contributed by atoms with Gasteiger partial charge < -0.3 is 14.6 Å². The lowest BCUT2D eigenvalue weighted by atomic mass is 10.1. The summed E-state index contributed by atoms with van der Waals surface area (Å²) < 4.78 is 7.28. The first-order valence-corrected chi connectivity index (χ1v) is 9.53. The fourth-order valence-electron chi connectivity index (χ4n) is 3.44.